The van der Waals surface area contributed by atoms with E-state index < -0.39 is 0 Å². The van der Waals surface area contributed by atoms with E-state index in [9.17, 15) is 5.11 Å². The Morgan fingerprint density at radius 2 is 2.33 bits per heavy atom. The molecule has 0 aliphatic carbocycles. The highest BCUT2D eigenvalue weighted by Gasteiger charge is 2.22. The van der Waals surface area contributed by atoms with Gasteiger partial charge in [-0.15, -0.1) is 0 Å². The normalized spacial score (nSPS) is 30.0. The molecule has 12 heavy (non-hydrogen) atoms. The van der Waals surface area contributed by atoms with Gasteiger partial charge in [0.1, 0.15) is 0 Å². The molecular weight excluding hydrogens is 152 g/mol. The Bertz CT molecular complexity index is 130. The Balaban J connectivity index is 2.14. The van der Waals surface area contributed by atoms with Gasteiger partial charge in [-0.3, -0.25) is 0 Å². The van der Waals surface area contributed by atoms with Crippen LogP contribution in [0.1, 0.15) is 19.8 Å². The summed E-state index contributed by atoms with van der Waals surface area (Å²) in [6.45, 7) is 5.16. The summed E-state index contributed by atoms with van der Waals surface area (Å²) in [6.07, 6.45) is 1.99. The van der Waals surface area contributed by atoms with E-state index in [0.29, 0.717) is 6.04 Å². The largest absolute Gasteiger partial charge is 0.392 e. The number of nitrogens with one attached hydrogen (secondary N) is 1. The molecule has 1 saturated heterocycles. The molecule has 2 atom stereocenters. The third-order valence-corrected chi connectivity index (χ3v) is 2.34. The third-order valence-electron chi connectivity index (χ3n) is 2.34. The highest BCUT2D eigenvalue weighted by molar-refractivity contribution is 4.82. The minimum atomic E-state index is -0.120. The lowest BCUT2D eigenvalue weighted by Gasteiger charge is -2.19. The topological polar surface area (TPSA) is 35.5 Å². The summed E-state index contributed by atoms with van der Waals surface area (Å²) in [7, 11) is 2.13. The van der Waals surface area contributed by atoms with Crippen molar-refractivity contribution < 1.29 is 5.11 Å². The van der Waals surface area contributed by atoms with Crippen molar-refractivity contribution in [3.05, 3.63) is 0 Å². The van der Waals surface area contributed by atoms with Gasteiger partial charge in [0.25, 0.3) is 0 Å². The second-order valence-electron chi connectivity index (χ2n) is 3.76. The van der Waals surface area contributed by atoms with Crippen LogP contribution in [0, 0.1) is 0 Å². The van der Waals surface area contributed by atoms with Crippen LogP contribution in [0.15, 0.2) is 0 Å². The van der Waals surface area contributed by atoms with Crippen LogP contribution in [0.3, 0.4) is 0 Å². The molecule has 2 unspecified atom stereocenters. The maximum Gasteiger partial charge on any atom is 0.0680 e. The molecule has 1 aliphatic heterocycles. The van der Waals surface area contributed by atoms with Crippen molar-refractivity contribution in [1.29, 1.82) is 0 Å². The molecule has 1 aliphatic rings. The van der Waals surface area contributed by atoms with E-state index in [1.54, 1.807) is 0 Å². The van der Waals surface area contributed by atoms with Gasteiger partial charge in [0.2, 0.25) is 0 Å². The lowest BCUT2D eigenvalue weighted by Crippen LogP contribution is -2.35. The van der Waals surface area contributed by atoms with Crippen molar-refractivity contribution in [2.45, 2.75) is 31.9 Å². The van der Waals surface area contributed by atoms with Gasteiger partial charge in [0.15, 0.2) is 0 Å². The van der Waals surface area contributed by atoms with Gasteiger partial charge >= 0.3 is 0 Å². The van der Waals surface area contributed by atoms with Gasteiger partial charge in [0.05, 0.1) is 6.10 Å². The minimum Gasteiger partial charge on any atom is -0.392 e. The molecular formula is C9H20N2O. The van der Waals surface area contributed by atoms with Gasteiger partial charge in [-0.1, -0.05) is 6.92 Å². The van der Waals surface area contributed by atoms with E-state index >= 15 is 0 Å². The Labute approximate surface area is 74.8 Å². The van der Waals surface area contributed by atoms with Gasteiger partial charge in [0, 0.05) is 19.1 Å². The molecule has 3 nitrogen and oxygen atoms in total. The smallest absolute Gasteiger partial charge is 0.0680 e. The van der Waals surface area contributed by atoms with Crippen LogP contribution in [0.4, 0.5) is 0 Å². The SMILES string of the molecule is CCCN(C)CC1CC(O)CN1. The molecule has 1 fully saturated rings. The van der Waals surface area contributed by atoms with E-state index in [2.05, 4.69) is 24.2 Å². The lowest BCUT2D eigenvalue weighted by atomic mass is 10.2. The molecule has 0 aromatic carbocycles. The average molecular weight is 172 g/mol. The first-order valence-corrected chi connectivity index (χ1v) is 4.82. The van der Waals surface area contributed by atoms with Crippen LogP contribution >= 0.6 is 0 Å². The summed E-state index contributed by atoms with van der Waals surface area (Å²) in [5.74, 6) is 0. The first-order chi connectivity index (χ1) is 5.72. The zero-order chi connectivity index (χ0) is 8.97. The molecule has 1 heterocycles. The van der Waals surface area contributed by atoms with Crippen molar-refractivity contribution >= 4 is 0 Å². The quantitative estimate of drug-likeness (QED) is 0.629. The molecule has 0 bridgehead atoms. The molecule has 0 radical (unpaired) electrons. The Kier molecular flexibility index (Phi) is 3.98. The van der Waals surface area contributed by atoms with Crippen LogP contribution in [0.2, 0.25) is 0 Å². The average Bonchev–Trinajstić information content (AvgIpc) is 2.36. The summed E-state index contributed by atoms with van der Waals surface area (Å²) in [4.78, 5) is 2.32. The van der Waals surface area contributed by atoms with E-state index in [-0.39, 0.29) is 6.10 Å². The first-order valence-electron chi connectivity index (χ1n) is 4.82. The summed E-state index contributed by atoms with van der Waals surface area (Å²) >= 11 is 0. The molecule has 72 valence electrons. The molecule has 0 amide bonds. The second kappa shape index (κ2) is 4.80. The maximum absolute atomic E-state index is 9.26. The number of aliphatic hydroxyl groups excluding tert-OH is 1. The standard InChI is InChI=1S/C9H20N2O/c1-3-4-11(2)7-8-5-9(12)6-10-8/h8-10,12H,3-7H2,1-2H3. The van der Waals surface area contributed by atoms with Gasteiger partial charge in [-0.25, -0.2) is 0 Å². The zero-order valence-corrected chi connectivity index (χ0v) is 8.08. The van der Waals surface area contributed by atoms with Crippen molar-refractivity contribution in [2.24, 2.45) is 0 Å². The molecule has 0 saturated carbocycles. The Morgan fingerprint density at radius 1 is 1.58 bits per heavy atom. The number of rotatable bonds is 4. The first kappa shape index (κ1) is 9.96. The molecule has 0 spiro atoms. The predicted octanol–water partition coefficient (Wildman–Crippen LogP) is 0.0510. The van der Waals surface area contributed by atoms with Crippen molar-refractivity contribution in [1.82, 2.24) is 10.2 Å². The van der Waals surface area contributed by atoms with Gasteiger partial charge in [-0.05, 0) is 26.4 Å². The summed E-state index contributed by atoms with van der Waals surface area (Å²) in [5.41, 5.74) is 0. The predicted molar refractivity (Wildman–Crippen MR) is 50.2 cm³/mol. The highest BCUT2D eigenvalue weighted by Crippen LogP contribution is 2.07. The summed E-state index contributed by atoms with van der Waals surface area (Å²) in [6, 6.07) is 0.497. The van der Waals surface area contributed by atoms with Crippen LogP contribution in [0.5, 0.6) is 0 Å². The zero-order valence-electron chi connectivity index (χ0n) is 8.08. The Morgan fingerprint density at radius 3 is 2.83 bits per heavy atom. The fraction of sp³-hybridized carbons (Fsp3) is 1.00. The highest BCUT2D eigenvalue weighted by atomic mass is 16.3. The van der Waals surface area contributed by atoms with Crippen LogP contribution in [-0.2, 0) is 0 Å². The third kappa shape index (κ3) is 3.09. The molecule has 1 rings (SSSR count). The van der Waals surface area contributed by atoms with Gasteiger partial charge < -0.3 is 15.3 Å². The monoisotopic (exact) mass is 172 g/mol. The molecule has 2 N–H and O–H groups in total. The van der Waals surface area contributed by atoms with E-state index in [1.165, 1.54) is 6.42 Å². The fourth-order valence-electron chi connectivity index (χ4n) is 1.79. The number of aliphatic hydroxyl groups is 1. The Hall–Kier alpha value is -0.120. The number of likely N-dealkylation sites (N-methyl/N-ethyl adjacent to an activating group) is 1. The summed E-state index contributed by atoms with van der Waals surface area (Å²) < 4.78 is 0. The summed E-state index contributed by atoms with van der Waals surface area (Å²) in [5, 5.41) is 12.6. The maximum atomic E-state index is 9.26. The number of hydrogen-bond acceptors (Lipinski definition) is 3. The molecule has 0 aromatic heterocycles. The van der Waals surface area contributed by atoms with Crippen molar-refractivity contribution in [3.8, 4) is 0 Å². The lowest BCUT2D eigenvalue weighted by molar-refractivity contribution is 0.189. The van der Waals surface area contributed by atoms with E-state index in [0.717, 1.165) is 26.1 Å². The second-order valence-corrected chi connectivity index (χ2v) is 3.76. The fourth-order valence-corrected chi connectivity index (χ4v) is 1.79. The van der Waals surface area contributed by atoms with E-state index in [1.807, 2.05) is 0 Å². The van der Waals surface area contributed by atoms with Crippen molar-refractivity contribution in [3.63, 3.8) is 0 Å². The minimum absolute atomic E-state index is 0.120. The van der Waals surface area contributed by atoms with Gasteiger partial charge in [-0.2, -0.15) is 0 Å². The number of nitrogens with zero attached hydrogens (tertiary/aromatic N) is 1. The van der Waals surface area contributed by atoms with Crippen LogP contribution in [-0.4, -0.2) is 48.8 Å². The van der Waals surface area contributed by atoms with Crippen LogP contribution in [0.25, 0.3) is 0 Å². The molecule has 0 aromatic rings. The molecule has 3 heteroatoms. The van der Waals surface area contributed by atoms with Crippen molar-refractivity contribution in [2.75, 3.05) is 26.7 Å². The number of β-amino-alcohol motifs (C(OH)–C–C–N with tert-alkyl or cyclic N) is 1. The van der Waals surface area contributed by atoms with Crippen LogP contribution < -0.4 is 5.32 Å². The van der Waals surface area contributed by atoms with E-state index in [4.69, 9.17) is 0 Å². The number of hydrogen-bond donors (Lipinski definition) is 2.